The molecule has 5 nitrogen and oxygen atoms in total. The molecule has 5 heteroatoms. The van der Waals surface area contributed by atoms with Crippen LogP contribution in [0, 0.1) is 5.92 Å². The molecule has 3 fully saturated rings. The molecule has 17 heavy (non-hydrogen) atoms. The summed E-state index contributed by atoms with van der Waals surface area (Å²) in [7, 11) is 1.82. The summed E-state index contributed by atoms with van der Waals surface area (Å²) in [6.45, 7) is 3.41. The number of aromatic nitrogens is 2. The molecule has 0 saturated carbocycles. The van der Waals surface area contributed by atoms with Gasteiger partial charge in [-0.1, -0.05) is 0 Å². The Bertz CT molecular complexity index is 420. The van der Waals surface area contributed by atoms with Gasteiger partial charge in [-0.3, -0.25) is 9.48 Å². The van der Waals surface area contributed by atoms with Gasteiger partial charge in [0, 0.05) is 25.8 Å². The second-order valence-corrected chi connectivity index (χ2v) is 5.12. The van der Waals surface area contributed by atoms with Crippen LogP contribution in [0.4, 0.5) is 0 Å². The number of aryl methyl sites for hydroxylation is 1. The first-order chi connectivity index (χ1) is 8.22. The molecule has 1 amide bonds. The van der Waals surface area contributed by atoms with Gasteiger partial charge in [-0.25, -0.2) is 0 Å². The van der Waals surface area contributed by atoms with Gasteiger partial charge < -0.3 is 10.2 Å². The number of amides is 1. The Labute approximate surface area is 101 Å². The fourth-order valence-electron chi connectivity index (χ4n) is 2.92. The molecule has 2 bridgehead atoms. The first-order valence-corrected chi connectivity index (χ1v) is 6.24. The molecule has 0 spiro atoms. The van der Waals surface area contributed by atoms with Gasteiger partial charge in [0.25, 0.3) is 5.91 Å². The molecule has 1 unspecified atom stereocenters. The van der Waals surface area contributed by atoms with Crippen molar-refractivity contribution in [3.63, 3.8) is 0 Å². The molecule has 3 saturated heterocycles. The van der Waals surface area contributed by atoms with Gasteiger partial charge in [0.05, 0.1) is 11.8 Å². The lowest BCUT2D eigenvalue weighted by Gasteiger charge is -2.44. The summed E-state index contributed by atoms with van der Waals surface area (Å²) in [5, 5.41) is 7.17. The van der Waals surface area contributed by atoms with Crippen molar-refractivity contribution in [2.24, 2.45) is 13.0 Å². The van der Waals surface area contributed by atoms with Crippen molar-refractivity contribution in [2.45, 2.75) is 18.9 Å². The lowest BCUT2D eigenvalue weighted by molar-refractivity contribution is 0.0620. The number of carbonyl (C=O) groups is 1. The summed E-state index contributed by atoms with van der Waals surface area (Å²) in [4.78, 5) is 14.5. The number of nitrogens with one attached hydrogen (secondary N) is 1. The normalized spacial score (nSPS) is 31.5. The van der Waals surface area contributed by atoms with Crippen LogP contribution in [0.3, 0.4) is 0 Å². The average Bonchev–Trinajstić information content (AvgIpc) is 2.77. The third-order valence-electron chi connectivity index (χ3n) is 3.94. The van der Waals surface area contributed by atoms with Gasteiger partial charge in [-0.2, -0.15) is 5.10 Å². The van der Waals surface area contributed by atoms with Gasteiger partial charge >= 0.3 is 0 Å². The molecule has 1 aromatic heterocycles. The van der Waals surface area contributed by atoms with Crippen LogP contribution in [-0.4, -0.2) is 46.3 Å². The van der Waals surface area contributed by atoms with E-state index < -0.39 is 0 Å². The highest BCUT2D eigenvalue weighted by atomic mass is 16.1. The van der Waals surface area contributed by atoms with Crippen molar-refractivity contribution in [1.82, 2.24) is 20.0 Å². The van der Waals surface area contributed by atoms with E-state index in [-0.39, 0.29) is 5.91 Å². The van der Waals surface area contributed by atoms with Crippen molar-refractivity contribution >= 4 is 5.91 Å². The molecule has 92 valence electrons. The van der Waals surface area contributed by atoms with Gasteiger partial charge in [0.15, 0.2) is 0 Å². The zero-order valence-electron chi connectivity index (χ0n) is 10.1. The van der Waals surface area contributed by atoms with E-state index >= 15 is 0 Å². The Morgan fingerprint density at radius 1 is 1.47 bits per heavy atom. The highest BCUT2D eigenvalue weighted by molar-refractivity contribution is 5.93. The molecule has 0 aliphatic carbocycles. The molecule has 1 aromatic rings. The fourth-order valence-corrected chi connectivity index (χ4v) is 2.92. The van der Waals surface area contributed by atoms with E-state index in [0.29, 0.717) is 17.5 Å². The summed E-state index contributed by atoms with van der Waals surface area (Å²) in [5.74, 6) is 0.678. The van der Waals surface area contributed by atoms with Crippen molar-refractivity contribution in [1.29, 1.82) is 0 Å². The van der Waals surface area contributed by atoms with Crippen molar-refractivity contribution < 1.29 is 4.79 Å². The van der Waals surface area contributed by atoms with Crippen LogP contribution in [-0.2, 0) is 7.05 Å². The van der Waals surface area contributed by atoms with E-state index in [1.54, 1.807) is 17.1 Å². The second kappa shape index (κ2) is 4.14. The zero-order valence-corrected chi connectivity index (χ0v) is 10.1. The molecular formula is C12H18N4O. The molecule has 0 aromatic carbocycles. The van der Waals surface area contributed by atoms with E-state index in [4.69, 9.17) is 0 Å². The molecular weight excluding hydrogens is 216 g/mol. The topological polar surface area (TPSA) is 50.2 Å². The number of hydrogen-bond donors (Lipinski definition) is 1. The largest absolute Gasteiger partial charge is 0.348 e. The summed E-state index contributed by atoms with van der Waals surface area (Å²) in [5.41, 5.74) is 0.656. The summed E-state index contributed by atoms with van der Waals surface area (Å²) in [6.07, 6.45) is 5.82. The quantitative estimate of drug-likeness (QED) is 0.797. The van der Waals surface area contributed by atoms with E-state index in [2.05, 4.69) is 15.3 Å². The third kappa shape index (κ3) is 2.07. The van der Waals surface area contributed by atoms with Gasteiger partial charge in [0.1, 0.15) is 0 Å². The van der Waals surface area contributed by atoms with Crippen LogP contribution in [0.15, 0.2) is 12.4 Å². The minimum absolute atomic E-state index is 0.0110. The number of rotatable bonds is 2. The second-order valence-electron chi connectivity index (χ2n) is 5.12. The standard InChI is InChI=1S/C12H18N4O/c1-15-7-10(6-13-15)12(17)14-11-8-16-4-2-9(11)3-5-16/h6-7,9,11H,2-5,8H2,1H3,(H,14,17). The third-order valence-corrected chi connectivity index (χ3v) is 3.94. The van der Waals surface area contributed by atoms with Crippen LogP contribution in [0.2, 0.25) is 0 Å². The Morgan fingerprint density at radius 3 is 2.76 bits per heavy atom. The fraction of sp³-hybridized carbons (Fsp3) is 0.667. The van der Waals surface area contributed by atoms with E-state index in [1.165, 1.54) is 25.9 Å². The molecule has 4 rings (SSSR count). The minimum atomic E-state index is 0.0110. The number of piperidine rings is 3. The van der Waals surface area contributed by atoms with Gasteiger partial charge in [0.2, 0.25) is 0 Å². The average molecular weight is 234 g/mol. The van der Waals surface area contributed by atoms with Gasteiger partial charge in [-0.05, 0) is 31.8 Å². The highest BCUT2D eigenvalue weighted by Crippen LogP contribution is 2.27. The highest BCUT2D eigenvalue weighted by Gasteiger charge is 2.34. The monoisotopic (exact) mass is 234 g/mol. The molecule has 1 atom stereocenters. The Hall–Kier alpha value is -1.36. The zero-order chi connectivity index (χ0) is 11.8. The molecule has 4 heterocycles. The lowest BCUT2D eigenvalue weighted by Crippen LogP contribution is -2.57. The molecule has 1 N–H and O–H groups in total. The van der Waals surface area contributed by atoms with Crippen LogP contribution in [0.25, 0.3) is 0 Å². The lowest BCUT2D eigenvalue weighted by atomic mass is 9.84. The van der Waals surface area contributed by atoms with Crippen molar-refractivity contribution in [2.75, 3.05) is 19.6 Å². The van der Waals surface area contributed by atoms with Crippen molar-refractivity contribution in [3.8, 4) is 0 Å². The van der Waals surface area contributed by atoms with E-state index in [9.17, 15) is 4.79 Å². The number of nitrogens with zero attached hydrogens (tertiary/aromatic N) is 3. The van der Waals surface area contributed by atoms with Crippen LogP contribution in [0.5, 0.6) is 0 Å². The van der Waals surface area contributed by atoms with Gasteiger partial charge in [-0.15, -0.1) is 0 Å². The van der Waals surface area contributed by atoms with Crippen LogP contribution < -0.4 is 5.32 Å². The first kappa shape index (κ1) is 10.8. The predicted octanol–water partition coefficient (Wildman–Crippen LogP) is 0.244. The number of fused-ring (bicyclic) bond motifs is 3. The summed E-state index contributed by atoms with van der Waals surface area (Å²) in [6, 6.07) is 0.324. The van der Waals surface area contributed by atoms with Crippen LogP contribution in [0.1, 0.15) is 23.2 Å². The minimum Gasteiger partial charge on any atom is -0.348 e. The van der Waals surface area contributed by atoms with E-state index in [1.807, 2.05) is 7.05 Å². The van der Waals surface area contributed by atoms with Crippen molar-refractivity contribution in [3.05, 3.63) is 18.0 Å². The number of carbonyl (C=O) groups excluding carboxylic acids is 1. The summed E-state index contributed by atoms with van der Waals surface area (Å²) >= 11 is 0. The Morgan fingerprint density at radius 2 is 2.24 bits per heavy atom. The SMILES string of the molecule is Cn1cc(C(=O)NC2CN3CCC2CC3)cn1. The van der Waals surface area contributed by atoms with E-state index in [0.717, 1.165) is 6.54 Å². The van der Waals surface area contributed by atoms with Crippen LogP contribution >= 0.6 is 0 Å². The number of hydrogen-bond acceptors (Lipinski definition) is 3. The summed E-state index contributed by atoms with van der Waals surface area (Å²) < 4.78 is 1.66. The maximum absolute atomic E-state index is 12.0. The Balaban J connectivity index is 1.65. The molecule has 3 aliphatic heterocycles. The maximum Gasteiger partial charge on any atom is 0.254 e. The Kier molecular flexibility index (Phi) is 2.63. The molecule has 0 radical (unpaired) electrons. The first-order valence-electron chi connectivity index (χ1n) is 6.24. The predicted molar refractivity (Wildman–Crippen MR) is 63.6 cm³/mol. The molecule has 3 aliphatic rings. The maximum atomic E-state index is 12.0. The smallest absolute Gasteiger partial charge is 0.254 e.